The van der Waals surface area contributed by atoms with Crippen LogP contribution in [0.3, 0.4) is 0 Å². The Balaban J connectivity index is 1.59. The second kappa shape index (κ2) is 8.72. The zero-order valence-electron chi connectivity index (χ0n) is 15.6. The predicted octanol–water partition coefficient (Wildman–Crippen LogP) is 5.15. The first kappa shape index (κ1) is 19.6. The van der Waals surface area contributed by atoms with Gasteiger partial charge in [0.05, 0.1) is 0 Å². The average Bonchev–Trinajstić information content (AvgIpc) is 2.65. The standard InChI is InChI=1S/C21H24ClN3OS/c1-14-6-7-16(13-19(14)22)20(26)24-21(27)23-17-8-10-18(11-9-17)25-12-4-3-5-15(25)2/h6-11,13,15H,3-5,12H2,1-2H3,(H2,23,24,26,27)/t15-/m0/s1. The lowest BCUT2D eigenvalue weighted by molar-refractivity contribution is 0.0977. The lowest BCUT2D eigenvalue weighted by Crippen LogP contribution is -2.37. The summed E-state index contributed by atoms with van der Waals surface area (Å²) in [5, 5.41) is 6.57. The monoisotopic (exact) mass is 401 g/mol. The molecule has 0 aromatic heterocycles. The Morgan fingerprint density at radius 1 is 1.19 bits per heavy atom. The predicted molar refractivity (Wildman–Crippen MR) is 117 cm³/mol. The first-order chi connectivity index (χ1) is 12.9. The van der Waals surface area contributed by atoms with Gasteiger partial charge in [-0.2, -0.15) is 0 Å². The van der Waals surface area contributed by atoms with E-state index in [1.54, 1.807) is 12.1 Å². The Morgan fingerprint density at radius 3 is 2.59 bits per heavy atom. The third-order valence-electron chi connectivity index (χ3n) is 4.92. The summed E-state index contributed by atoms with van der Waals surface area (Å²) in [6.07, 6.45) is 3.78. The lowest BCUT2D eigenvalue weighted by Gasteiger charge is -2.35. The van der Waals surface area contributed by atoms with Crippen molar-refractivity contribution in [1.82, 2.24) is 5.32 Å². The number of anilines is 2. The number of aryl methyl sites for hydroxylation is 1. The molecule has 142 valence electrons. The maximum absolute atomic E-state index is 12.3. The van der Waals surface area contributed by atoms with Crippen molar-refractivity contribution < 1.29 is 4.79 Å². The van der Waals surface area contributed by atoms with Crippen molar-refractivity contribution in [1.29, 1.82) is 0 Å². The number of carbonyl (C=O) groups is 1. The van der Waals surface area contributed by atoms with Crippen LogP contribution in [-0.4, -0.2) is 23.6 Å². The second-order valence-electron chi connectivity index (χ2n) is 6.96. The molecule has 1 amide bonds. The number of rotatable bonds is 3. The molecule has 1 aliphatic heterocycles. The van der Waals surface area contributed by atoms with Crippen LogP contribution in [0.1, 0.15) is 42.1 Å². The van der Waals surface area contributed by atoms with E-state index in [-0.39, 0.29) is 11.0 Å². The van der Waals surface area contributed by atoms with Crippen LogP contribution in [-0.2, 0) is 0 Å². The summed E-state index contributed by atoms with van der Waals surface area (Å²) in [6.45, 7) is 5.26. The molecule has 0 unspecified atom stereocenters. The van der Waals surface area contributed by atoms with Gasteiger partial charge in [0.1, 0.15) is 0 Å². The van der Waals surface area contributed by atoms with Gasteiger partial charge < -0.3 is 10.2 Å². The van der Waals surface area contributed by atoms with Crippen LogP contribution in [0.4, 0.5) is 11.4 Å². The van der Waals surface area contributed by atoms with Gasteiger partial charge in [-0.1, -0.05) is 17.7 Å². The van der Waals surface area contributed by atoms with E-state index in [2.05, 4.69) is 34.6 Å². The number of piperidine rings is 1. The highest BCUT2D eigenvalue weighted by Gasteiger charge is 2.18. The minimum Gasteiger partial charge on any atom is -0.369 e. The minimum absolute atomic E-state index is 0.260. The molecule has 1 fully saturated rings. The van der Waals surface area contributed by atoms with Crippen LogP contribution in [0.25, 0.3) is 0 Å². The summed E-state index contributed by atoms with van der Waals surface area (Å²) in [5.74, 6) is -0.284. The van der Waals surface area contributed by atoms with Crippen LogP contribution in [0.15, 0.2) is 42.5 Å². The quantitative estimate of drug-likeness (QED) is 0.697. The van der Waals surface area contributed by atoms with Gasteiger partial charge in [0.25, 0.3) is 5.91 Å². The summed E-state index contributed by atoms with van der Waals surface area (Å²) in [7, 11) is 0. The average molecular weight is 402 g/mol. The highest BCUT2D eigenvalue weighted by Crippen LogP contribution is 2.25. The molecule has 1 saturated heterocycles. The number of nitrogens with one attached hydrogen (secondary N) is 2. The van der Waals surface area contributed by atoms with E-state index in [0.29, 0.717) is 16.6 Å². The van der Waals surface area contributed by atoms with E-state index in [1.165, 1.54) is 24.9 Å². The molecule has 0 aliphatic carbocycles. The van der Waals surface area contributed by atoms with Crippen LogP contribution < -0.4 is 15.5 Å². The number of hydrogen-bond acceptors (Lipinski definition) is 3. The topological polar surface area (TPSA) is 44.4 Å². The van der Waals surface area contributed by atoms with Crippen molar-refractivity contribution in [2.45, 2.75) is 39.2 Å². The molecule has 1 aliphatic rings. The molecule has 4 nitrogen and oxygen atoms in total. The number of carbonyl (C=O) groups excluding carboxylic acids is 1. The summed E-state index contributed by atoms with van der Waals surface area (Å²) in [6, 6.07) is 13.9. The van der Waals surface area contributed by atoms with Gasteiger partial charge >= 0.3 is 0 Å². The van der Waals surface area contributed by atoms with Gasteiger partial charge in [0.2, 0.25) is 0 Å². The molecule has 0 spiro atoms. The number of benzene rings is 2. The van der Waals surface area contributed by atoms with Crippen LogP contribution in [0.5, 0.6) is 0 Å². The molecular weight excluding hydrogens is 378 g/mol. The Bertz CT molecular complexity index is 838. The Labute approximate surface area is 170 Å². The van der Waals surface area contributed by atoms with Crippen LogP contribution in [0, 0.1) is 6.92 Å². The summed E-state index contributed by atoms with van der Waals surface area (Å²) in [5.41, 5.74) is 3.47. The molecule has 0 saturated carbocycles. The number of thiocarbonyl (C=S) groups is 1. The van der Waals surface area contributed by atoms with Gasteiger partial charge in [0, 0.05) is 34.5 Å². The Morgan fingerprint density at radius 2 is 1.93 bits per heavy atom. The highest BCUT2D eigenvalue weighted by atomic mass is 35.5. The molecule has 2 aromatic rings. The Hall–Kier alpha value is -2.11. The fraction of sp³-hybridized carbons (Fsp3) is 0.333. The van der Waals surface area contributed by atoms with E-state index >= 15 is 0 Å². The first-order valence-electron chi connectivity index (χ1n) is 9.19. The third-order valence-corrected chi connectivity index (χ3v) is 5.53. The molecule has 3 rings (SSSR count). The molecule has 2 N–H and O–H groups in total. The van der Waals surface area contributed by atoms with Crippen LogP contribution >= 0.6 is 23.8 Å². The summed E-state index contributed by atoms with van der Waals surface area (Å²) < 4.78 is 0. The molecule has 27 heavy (non-hydrogen) atoms. The SMILES string of the molecule is Cc1ccc(C(=O)NC(=S)Nc2ccc(N3CCCC[C@@H]3C)cc2)cc1Cl. The largest absolute Gasteiger partial charge is 0.369 e. The number of nitrogens with zero attached hydrogens (tertiary/aromatic N) is 1. The summed E-state index contributed by atoms with van der Waals surface area (Å²) >= 11 is 11.3. The molecule has 1 heterocycles. The second-order valence-corrected chi connectivity index (χ2v) is 7.77. The van der Waals surface area contributed by atoms with Gasteiger partial charge in [-0.15, -0.1) is 0 Å². The maximum Gasteiger partial charge on any atom is 0.257 e. The fourth-order valence-electron chi connectivity index (χ4n) is 3.29. The van der Waals surface area contributed by atoms with Crippen molar-refractivity contribution in [2.75, 3.05) is 16.8 Å². The van der Waals surface area contributed by atoms with Crippen molar-refractivity contribution in [3.8, 4) is 0 Å². The van der Waals surface area contributed by atoms with Crippen molar-refractivity contribution >= 4 is 46.2 Å². The highest BCUT2D eigenvalue weighted by molar-refractivity contribution is 7.80. The van der Waals surface area contributed by atoms with E-state index in [4.69, 9.17) is 23.8 Å². The normalized spacial score (nSPS) is 16.7. The lowest BCUT2D eigenvalue weighted by atomic mass is 10.0. The van der Waals surface area contributed by atoms with Crippen molar-refractivity contribution in [2.24, 2.45) is 0 Å². The Kier molecular flexibility index (Phi) is 6.34. The van der Waals surface area contributed by atoms with Gasteiger partial charge in [-0.25, -0.2) is 0 Å². The number of hydrogen-bond donors (Lipinski definition) is 2. The van der Waals surface area contributed by atoms with Gasteiger partial charge in [-0.3, -0.25) is 10.1 Å². The minimum atomic E-state index is -0.284. The number of halogens is 1. The summed E-state index contributed by atoms with van der Waals surface area (Å²) in [4.78, 5) is 14.7. The van der Waals surface area contributed by atoms with E-state index in [9.17, 15) is 4.79 Å². The molecule has 2 aromatic carbocycles. The van der Waals surface area contributed by atoms with E-state index < -0.39 is 0 Å². The zero-order chi connectivity index (χ0) is 19.4. The maximum atomic E-state index is 12.3. The molecule has 1 atom stereocenters. The number of amides is 1. The van der Waals surface area contributed by atoms with E-state index in [0.717, 1.165) is 17.8 Å². The fourth-order valence-corrected chi connectivity index (χ4v) is 3.68. The van der Waals surface area contributed by atoms with E-state index in [1.807, 2.05) is 25.1 Å². The first-order valence-corrected chi connectivity index (χ1v) is 9.98. The zero-order valence-corrected chi connectivity index (χ0v) is 17.2. The molecule has 0 bridgehead atoms. The third kappa shape index (κ3) is 4.99. The van der Waals surface area contributed by atoms with Crippen molar-refractivity contribution in [3.05, 3.63) is 58.6 Å². The molecular formula is C21H24ClN3OS. The van der Waals surface area contributed by atoms with Crippen molar-refractivity contribution in [3.63, 3.8) is 0 Å². The van der Waals surface area contributed by atoms with Gasteiger partial charge in [0.15, 0.2) is 5.11 Å². The molecule has 0 radical (unpaired) electrons. The van der Waals surface area contributed by atoms with Gasteiger partial charge in [-0.05, 0) is 87.3 Å². The molecule has 6 heteroatoms. The smallest absolute Gasteiger partial charge is 0.257 e. The van der Waals surface area contributed by atoms with Crippen LogP contribution in [0.2, 0.25) is 5.02 Å².